The van der Waals surface area contributed by atoms with E-state index in [4.69, 9.17) is 0 Å². The van der Waals surface area contributed by atoms with E-state index in [1.54, 1.807) is 6.92 Å². The summed E-state index contributed by atoms with van der Waals surface area (Å²) >= 11 is 1.52. The average Bonchev–Trinajstić information content (AvgIpc) is 3.59. The Bertz CT molecular complexity index is 1680. The molecular weight excluding hydrogens is 432 g/mol. The van der Waals surface area contributed by atoms with Gasteiger partial charge in [0.25, 0.3) is 0 Å². The summed E-state index contributed by atoms with van der Waals surface area (Å²) in [6, 6.07) is 14.3. The van der Waals surface area contributed by atoms with Crippen LogP contribution in [-0.2, 0) is 7.05 Å². The number of carbonyl (C=O) groups excluding carboxylic acids is 1. The maximum absolute atomic E-state index is 11.8. The van der Waals surface area contributed by atoms with Gasteiger partial charge < -0.3 is 9.55 Å². The van der Waals surface area contributed by atoms with E-state index in [1.807, 2.05) is 49.1 Å². The molecule has 0 radical (unpaired) electrons. The summed E-state index contributed by atoms with van der Waals surface area (Å²) in [6.07, 6.45) is 3.71. The number of benzene rings is 1. The Balaban J connectivity index is 1.49. The fraction of sp³-hybridized carbons (Fsp3) is 0.120. The molecule has 162 valence electrons. The van der Waals surface area contributed by atoms with Crippen molar-refractivity contribution >= 4 is 39.1 Å². The lowest BCUT2D eigenvalue weighted by Gasteiger charge is -2.04. The lowest BCUT2D eigenvalue weighted by atomic mass is 10.1. The Morgan fingerprint density at radius 3 is 2.70 bits per heavy atom. The fourth-order valence-corrected chi connectivity index (χ4v) is 5.13. The van der Waals surface area contributed by atoms with Gasteiger partial charge in [-0.05, 0) is 44.2 Å². The van der Waals surface area contributed by atoms with E-state index in [9.17, 15) is 4.79 Å². The third-order valence-electron chi connectivity index (χ3n) is 6.07. The number of hydrogen-bond donors (Lipinski definition) is 2. The molecule has 1 aromatic carbocycles. The zero-order valence-corrected chi connectivity index (χ0v) is 19.1. The normalized spacial score (nSPS) is 11.6. The molecule has 6 aromatic rings. The second-order valence-corrected chi connectivity index (χ2v) is 9.20. The first-order chi connectivity index (χ1) is 16.0. The summed E-state index contributed by atoms with van der Waals surface area (Å²) in [5.74, 6) is 1.03. The molecule has 0 saturated heterocycles. The Morgan fingerprint density at radius 1 is 1.06 bits per heavy atom. The highest BCUT2D eigenvalue weighted by Gasteiger charge is 2.17. The van der Waals surface area contributed by atoms with Crippen LogP contribution in [0.2, 0.25) is 0 Å². The number of hydrogen-bond acceptors (Lipinski definition) is 5. The summed E-state index contributed by atoms with van der Waals surface area (Å²) in [6.45, 7) is 3.58. The molecule has 0 aliphatic carbocycles. The predicted octanol–water partition coefficient (Wildman–Crippen LogP) is 5.75. The van der Waals surface area contributed by atoms with Crippen LogP contribution < -0.4 is 0 Å². The highest BCUT2D eigenvalue weighted by atomic mass is 32.1. The van der Waals surface area contributed by atoms with Crippen molar-refractivity contribution in [3.8, 4) is 33.1 Å². The van der Waals surface area contributed by atoms with Gasteiger partial charge in [-0.1, -0.05) is 12.1 Å². The van der Waals surface area contributed by atoms with Gasteiger partial charge in [-0.2, -0.15) is 5.10 Å². The summed E-state index contributed by atoms with van der Waals surface area (Å²) in [7, 11) is 2.00. The van der Waals surface area contributed by atoms with Crippen LogP contribution in [0.4, 0.5) is 0 Å². The van der Waals surface area contributed by atoms with Gasteiger partial charge in [0.05, 0.1) is 22.5 Å². The summed E-state index contributed by atoms with van der Waals surface area (Å²) < 4.78 is 2.05. The smallest absolute Gasteiger partial charge is 0.169 e. The first-order valence-corrected chi connectivity index (χ1v) is 11.4. The van der Waals surface area contributed by atoms with Crippen molar-refractivity contribution in [2.75, 3.05) is 0 Å². The molecule has 0 spiro atoms. The van der Waals surface area contributed by atoms with E-state index in [2.05, 4.69) is 49.4 Å². The van der Waals surface area contributed by atoms with E-state index >= 15 is 0 Å². The standard InChI is InChI=1S/C25H20N6OS/c1-13(32)22-7-8-23(33-22)16-5-4-6-19-17(16)10-20(28-19)24-18-9-15(11-27-25(18)30-29-24)21-12-26-14(2)31(21)3/h4-12,28H,1-3H3,(H,27,29,30). The van der Waals surface area contributed by atoms with Crippen molar-refractivity contribution in [2.24, 2.45) is 7.05 Å². The number of carbonyl (C=O) groups is 1. The first-order valence-electron chi connectivity index (χ1n) is 10.6. The molecule has 5 aromatic heterocycles. The number of aromatic nitrogens is 6. The maximum Gasteiger partial charge on any atom is 0.169 e. The Labute approximate surface area is 193 Å². The number of aromatic amines is 2. The van der Waals surface area contributed by atoms with Crippen LogP contribution in [-0.4, -0.2) is 35.5 Å². The molecular formula is C25H20N6OS. The highest BCUT2D eigenvalue weighted by molar-refractivity contribution is 7.17. The van der Waals surface area contributed by atoms with Gasteiger partial charge in [0, 0.05) is 45.5 Å². The van der Waals surface area contributed by atoms with Crippen molar-refractivity contribution in [2.45, 2.75) is 13.8 Å². The van der Waals surface area contributed by atoms with Crippen molar-refractivity contribution in [3.63, 3.8) is 0 Å². The van der Waals surface area contributed by atoms with Crippen molar-refractivity contribution in [1.82, 2.24) is 29.7 Å². The summed E-state index contributed by atoms with van der Waals surface area (Å²) in [5.41, 5.74) is 6.56. The Morgan fingerprint density at radius 2 is 1.94 bits per heavy atom. The molecule has 2 N–H and O–H groups in total. The molecule has 0 bridgehead atoms. The van der Waals surface area contributed by atoms with E-state index in [-0.39, 0.29) is 5.78 Å². The Kier molecular flexibility index (Phi) is 4.31. The molecule has 7 nitrogen and oxygen atoms in total. The third kappa shape index (κ3) is 3.10. The lowest BCUT2D eigenvalue weighted by Crippen LogP contribution is -1.94. The number of fused-ring (bicyclic) bond motifs is 2. The van der Waals surface area contributed by atoms with Crippen molar-refractivity contribution < 1.29 is 4.79 Å². The predicted molar refractivity (Wildman–Crippen MR) is 131 cm³/mol. The van der Waals surface area contributed by atoms with Gasteiger partial charge in [0.1, 0.15) is 11.5 Å². The first kappa shape index (κ1) is 19.6. The van der Waals surface area contributed by atoms with Gasteiger partial charge in [-0.15, -0.1) is 11.3 Å². The number of H-pyrrole nitrogens is 2. The summed E-state index contributed by atoms with van der Waals surface area (Å²) in [4.78, 5) is 26.1. The van der Waals surface area contributed by atoms with Crippen LogP contribution in [0.1, 0.15) is 22.4 Å². The van der Waals surface area contributed by atoms with Crippen LogP contribution in [0, 0.1) is 6.92 Å². The minimum atomic E-state index is 0.0862. The van der Waals surface area contributed by atoms with Gasteiger partial charge in [-0.3, -0.25) is 9.89 Å². The van der Waals surface area contributed by atoms with E-state index in [0.29, 0.717) is 0 Å². The molecule has 0 fully saturated rings. The minimum absolute atomic E-state index is 0.0862. The minimum Gasteiger partial charge on any atom is -0.353 e. The molecule has 0 unspecified atom stereocenters. The molecule has 0 amide bonds. The molecule has 0 aliphatic rings. The van der Waals surface area contributed by atoms with E-state index < -0.39 is 0 Å². The third-order valence-corrected chi connectivity index (χ3v) is 7.29. The second-order valence-electron chi connectivity index (χ2n) is 8.11. The summed E-state index contributed by atoms with van der Waals surface area (Å²) in [5, 5.41) is 9.65. The molecule has 33 heavy (non-hydrogen) atoms. The molecule has 5 heterocycles. The van der Waals surface area contributed by atoms with E-state index in [0.717, 1.165) is 65.7 Å². The van der Waals surface area contributed by atoms with Crippen molar-refractivity contribution in [1.29, 1.82) is 0 Å². The quantitative estimate of drug-likeness (QED) is 0.333. The Hall–Kier alpha value is -4.04. The van der Waals surface area contributed by atoms with Gasteiger partial charge >= 0.3 is 0 Å². The topological polar surface area (TPSA) is 92.2 Å². The number of thiophene rings is 1. The van der Waals surface area contributed by atoms with Gasteiger partial charge in [0.2, 0.25) is 0 Å². The zero-order valence-electron chi connectivity index (χ0n) is 18.3. The molecule has 6 rings (SSSR count). The zero-order chi connectivity index (χ0) is 22.7. The van der Waals surface area contributed by atoms with E-state index in [1.165, 1.54) is 11.3 Å². The highest BCUT2D eigenvalue weighted by Crippen LogP contribution is 2.37. The second kappa shape index (κ2) is 7.25. The molecule has 0 aliphatic heterocycles. The number of imidazole rings is 1. The number of pyridine rings is 1. The largest absolute Gasteiger partial charge is 0.353 e. The molecule has 0 saturated carbocycles. The average molecular weight is 453 g/mol. The van der Waals surface area contributed by atoms with Crippen LogP contribution in [0.25, 0.3) is 55.0 Å². The number of ketones is 1. The molecule has 8 heteroatoms. The van der Waals surface area contributed by atoms with Crippen LogP contribution in [0.3, 0.4) is 0 Å². The number of nitrogens with one attached hydrogen (secondary N) is 2. The lowest BCUT2D eigenvalue weighted by molar-refractivity contribution is 0.102. The maximum atomic E-state index is 11.8. The van der Waals surface area contributed by atoms with Crippen LogP contribution in [0.15, 0.2) is 54.9 Å². The van der Waals surface area contributed by atoms with Crippen LogP contribution >= 0.6 is 11.3 Å². The van der Waals surface area contributed by atoms with Crippen molar-refractivity contribution in [3.05, 3.63) is 65.6 Å². The molecule has 0 atom stereocenters. The van der Waals surface area contributed by atoms with Gasteiger partial charge in [-0.25, -0.2) is 9.97 Å². The number of rotatable bonds is 4. The fourth-order valence-electron chi connectivity index (χ4n) is 4.19. The number of aryl methyl sites for hydroxylation is 1. The number of nitrogens with zero attached hydrogens (tertiary/aromatic N) is 4. The number of Topliss-reactive ketones (excluding diaryl/α,β-unsaturated/α-hetero) is 1. The van der Waals surface area contributed by atoms with Gasteiger partial charge in [0.15, 0.2) is 11.4 Å². The van der Waals surface area contributed by atoms with Crippen LogP contribution in [0.5, 0.6) is 0 Å². The SMILES string of the molecule is CC(=O)c1ccc(-c2cccc3[nH]c(-c4n[nH]c5ncc(-c6cnc(C)n6C)cc45)cc23)s1. The monoisotopic (exact) mass is 452 g/mol.